The molecule has 2 rings (SSSR count). The predicted octanol–water partition coefficient (Wildman–Crippen LogP) is 5.53. The van der Waals surface area contributed by atoms with Gasteiger partial charge in [0.05, 0.1) is 17.7 Å². The van der Waals surface area contributed by atoms with Crippen LogP contribution in [0.5, 0.6) is 11.5 Å². The summed E-state index contributed by atoms with van der Waals surface area (Å²) in [5.74, 6) is 1.28. The summed E-state index contributed by atoms with van der Waals surface area (Å²) in [5, 5.41) is 3.99. The molecule has 0 aliphatic carbocycles. The molecule has 0 unspecified atom stereocenters. The number of hydrogen-bond donors (Lipinski definition) is 1. The predicted molar refractivity (Wildman–Crippen MR) is 116 cm³/mol. The fourth-order valence-electron chi connectivity index (χ4n) is 2.72. The molecule has 5 heteroatoms. The summed E-state index contributed by atoms with van der Waals surface area (Å²) in [7, 11) is 0. The van der Waals surface area contributed by atoms with Gasteiger partial charge in [-0.05, 0) is 63.9 Å². The maximum Gasteiger partial charge on any atom is 0.180 e. The first kappa shape index (κ1) is 22.5. The lowest BCUT2D eigenvalue weighted by atomic mass is 10.1. The minimum atomic E-state index is 0.278. The van der Waals surface area contributed by atoms with Crippen LogP contribution < -0.4 is 14.8 Å². The molecule has 0 heterocycles. The van der Waals surface area contributed by atoms with Crippen molar-refractivity contribution in [3.05, 3.63) is 58.1 Å². The third-order valence-electron chi connectivity index (χ3n) is 4.15. The van der Waals surface area contributed by atoms with Crippen molar-refractivity contribution in [3.8, 4) is 11.5 Å². The van der Waals surface area contributed by atoms with Gasteiger partial charge in [0.1, 0.15) is 6.61 Å². The molecule has 0 atom stereocenters. The number of halogens is 1. The summed E-state index contributed by atoms with van der Waals surface area (Å²) >= 11 is 6.51. The molecule has 0 spiro atoms. The van der Waals surface area contributed by atoms with Crippen LogP contribution in [0.25, 0.3) is 0 Å². The van der Waals surface area contributed by atoms with E-state index in [4.69, 9.17) is 25.8 Å². The van der Waals surface area contributed by atoms with Crippen LogP contribution in [-0.4, -0.2) is 25.9 Å². The Morgan fingerprint density at radius 2 is 1.79 bits per heavy atom. The highest BCUT2D eigenvalue weighted by Gasteiger charge is 2.13. The summed E-state index contributed by atoms with van der Waals surface area (Å²) in [6.45, 7) is 11.5. The van der Waals surface area contributed by atoms with Crippen molar-refractivity contribution < 1.29 is 14.2 Å². The maximum atomic E-state index is 6.51. The minimum absolute atomic E-state index is 0.278. The molecule has 0 saturated heterocycles. The third-order valence-corrected chi connectivity index (χ3v) is 4.43. The van der Waals surface area contributed by atoms with Crippen LogP contribution in [0.2, 0.25) is 5.02 Å². The molecule has 4 nitrogen and oxygen atoms in total. The van der Waals surface area contributed by atoms with E-state index >= 15 is 0 Å². The number of ether oxygens (including phenoxy) is 3. The van der Waals surface area contributed by atoms with Crippen molar-refractivity contribution in [3.63, 3.8) is 0 Å². The van der Waals surface area contributed by atoms with E-state index in [0.717, 1.165) is 37.2 Å². The van der Waals surface area contributed by atoms with Crippen LogP contribution in [0, 0.1) is 6.92 Å². The van der Waals surface area contributed by atoms with E-state index in [0.29, 0.717) is 29.7 Å². The van der Waals surface area contributed by atoms with Crippen LogP contribution in [-0.2, 0) is 17.9 Å². The fraction of sp³-hybridized carbons (Fsp3) is 0.478. The zero-order valence-electron chi connectivity index (χ0n) is 17.4. The topological polar surface area (TPSA) is 39.7 Å². The van der Waals surface area contributed by atoms with Gasteiger partial charge in [-0.15, -0.1) is 0 Å². The Balaban J connectivity index is 1.95. The number of rotatable bonds is 12. The summed E-state index contributed by atoms with van der Waals surface area (Å²) in [6.07, 6.45) is 1.25. The molecule has 1 N–H and O–H groups in total. The van der Waals surface area contributed by atoms with Crippen LogP contribution in [0.1, 0.15) is 43.9 Å². The monoisotopic (exact) mass is 405 g/mol. The standard InChI is InChI=1S/C23H32ClNO3/c1-5-26-22-14-20(15-25-11-6-12-27-17(2)3)13-21(24)23(22)28-16-19-9-7-18(4)8-10-19/h7-10,13-14,17,25H,5-6,11-12,15-16H2,1-4H3. The van der Waals surface area contributed by atoms with Crippen molar-refractivity contribution in [2.24, 2.45) is 0 Å². The second-order valence-corrected chi connectivity index (χ2v) is 7.47. The summed E-state index contributed by atoms with van der Waals surface area (Å²) in [6, 6.07) is 12.2. The molecule has 154 valence electrons. The normalized spacial score (nSPS) is 11.1. The average Bonchev–Trinajstić information content (AvgIpc) is 2.65. The lowest BCUT2D eigenvalue weighted by Crippen LogP contribution is -2.17. The van der Waals surface area contributed by atoms with Gasteiger partial charge in [-0.1, -0.05) is 41.4 Å². The molecule has 0 bridgehead atoms. The van der Waals surface area contributed by atoms with Gasteiger partial charge in [-0.2, -0.15) is 0 Å². The molecule has 2 aromatic rings. The highest BCUT2D eigenvalue weighted by molar-refractivity contribution is 6.32. The van der Waals surface area contributed by atoms with Gasteiger partial charge in [-0.3, -0.25) is 0 Å². The minimum Gasteiger partial charge on any atom is -0.490 e. The van der Waals surface area contributed by atoms with Gasteiger partial charge in [0.2, 0.25) is 0 Å². The summed E-state index contributed by atoms with van der Waals surface area (Å²) in [5.41, 5.74) is 3.39. The third kappa shape index (κ3) is 7.70. The van der Waals surface area contributed by atoms with E-state index < -0.39 is 0 Å². The van der Waals surface area contributed by atoms with Crippen LogP contribution in [0.15, 0.2) is 36.4 Å². The maximum absolute atomic E-state index is 6.51. The van der Waals surface area contributed by atoms with Gasteiger partial charge >= 0.3 is 0 Å². The van der Waals surface area contributed by atoms with Crippen LogP contribution in [0.4, 0.5) is 0 Å². The molecule has 28 heavy (non-hydrogen) atoms. The fourth-order valence-corrected chi connectivity index (χ4v) is 3.00. The molecule has 0 aromatic heterocycles. The van der Waals surface area contributed by atoms with Crippen molar-refractivity contribution in [1.82, 2.24) is 5.32 Å². The molecule has 0 fully saturated rings. The van der Waals surface area contributed by atoms with E-state index in [1.165, 1.54) is 5.56 Å². The SMILES string of the molecule is CCOc1cc(CNCCCOC(C)C)cc(Cl)c1OCc1ccc(C)cc1. The molecular weight excluding hydrogens is 374 g/mol. The molecule has 0 amide bonds. The second kappa shape index (κ2) is 11.9. The van der Waals surface area contributed by atoms with E-state index in [2.05, 4.69) is 36.5 Å². The lowest BCUT2D eigenvalue weighted by Gasteiger charge is -2.16. The van der Waals surface area contributed by atoms with Gasteiger partial charge in [-0.25, -0.2) is 0 Å². The number of hydrogen-bond acceptors (Lipinski definition) is 4. The lowest BCUT2D eigenvalue weighted by molar-refractivity contribution is 0.0770. The van der Waals surface area contributed by atoms with Crippen molar-refractivity contribution >= 4 is 11.6 Å². The van der Waals surface area contributed by atoms with E-state index in [-0.39, 0.29) is 6.10 Å². The molecule has 0 radical (unpaired) electrons. The Kier molecular flexibility index (Phi) is 9.62. The number of nitrogens with one attached hydrogen (secondary N) is 1. The Bertz CT molecular complexity index is 717. The van der Waals surface area contributed by atoms with Gasteiger partial charge in [0, 0.05) is 13.2 Å². The quantitative estimate of drug-likeness (QED) is 0.471. The van der Waals surface area contributed by atoms with Gasteiger partial charge in [0.25, 0.3) is 0 Å². The van der Waals surface area contributed by atoms with Crippen molar-refractivity contribution in [2.45, 2.75) is 53.4 Å². The van der Waals surface area contributed by atoms with E-state index in [9.17, 15) is 0 Å². The Morgan fingerprint density at radius 3 is 2.46 bits per heavy atom. The van der Waals surface area contributed by atoms with Crippen LogP contribution in [0.3, 0.4) is 0 Å². The first-order valence-corrected chi connectivity index (χ1v) is 10.3. The highest BCUT2D eigenvalue weighted by Crippen LogP contribution is 2.37. The molecule has 0 aliphatic rings. The Hall–Kier alpha value is -1.75. The van der Waals surface area contributed by atoms with Crippen molar-refractivity contribution in [1.29, 1.82) is 0 Å². The average molecular weight is 406 g/mol. The second-order valence-electron chi connectivity index (χ2n) is 7.06. The van der Waals surface area contributed by atoms with Crippen LogP contribution >= 0.6 is 11.6 Å². The van der Waals surface area contributed by atoms with E-state index in [1.54, 1.807) is 0 Å². The highest BCUT2D eigenvalue weighted by atomic mass is 35.5. The smallest absolute Gasteiger partial charge is 0.180 e. The van der Waals surface area contributed by atoms with Gasteiger partial charge in [0.15, 0.2) is 11.5 Å². The van der Waals surface area contributed by atoms with Gasteiger partial charge < -0.3 is 19.5 Å². The first-order chi connectivity index (χ1) is 13.5. The zero-order chi connectivity index (χ0) is 20.4. The first-order valence-electron chi connectivity index (χ1n) is 9.95. The number of aryl methyl sites for hydroxylation is 1. The molecule has 0 saturated carbocycles. The summed E-state index contributed by atoms with van der Waals surface area (Å²) < 4.78 is 17.3. The molecule has 0 aliphatic heterocycles. The summed E-state index contributed by atoms with van der Waals surface area (Å²) in [4.78, 5) is 0. The zero-order valence-corrected chi connectivity index (χ0v) is 18.1. The van der Waals surface area contributed by atoms with E-state index in [1.807, 2.05) is 32.9 Å². The molecule has 2 aromatic carbocycles. The Morgan fingerprint density at radius 1 is 1.04 bits per heavy atom. The molecular formula is C23H32ClNO3. The number of benzene rings is 2. The Labute approximate surface area is 174 Å². The largest absolute Gasteiger partial charge is 0.490 e. The van der Waals surface area contributed by atoms with Crippen molar-refractivity contribution in [2.75, 3.05) is 19.8 Å².